The minimum atomic E-state index is -0.999. The van der Waals surface area contributed by atoms with Crippen LogP contribution in [0.4, 0.5) is 4.79 Å². The van der Waals surface area contributed by atoms with Gasteiger partial charge in [-0.1, -0.05) is 6.07 Å². The summed E-state index contributed by atoms with van der Waals surface area (Å²) in [7, 11) is 0. The van der Waals surface area contributed by atoms with Gasteiger partial charge in [-0.25, -0.2) is 4.79 Å². The van der Waals surface area contributed by atoms with Crippen LogP contribution in [0.1, 0.15) is 56.7 Å². The quantitative estimate of drug-likeness (QED) is 0.740. The zero-order valence-electron chi connectivity index (χ0n) is 18.1. The first-order chi connectivity index (χ1) is 15.0. The Bertz CT molecular complexity index is 1030. The number of benzene rings is 1. The van der Waals surface area contributed by atoms with Crippen molar-refractivity contribution < 1.29 is 14.7 Å². The summed E-state index contributed by atoms with van der Waals surface area (Å²) < 4.78 is 2.22. The van der Waals surface area contributed by atoms with Crippen molar-refractivity contribution in [3.05, 3.63) is 35.5 Å². The number of carbonyl (C=O) groups excluding carboxylic acids is 1. The molecule has 7 heteroatoms. The number of rotatable bonds is 6. The molecule has 0 radical (unpaired) electrons. The van der Waals surface area contributed by atoms with Crippen LogP contribution in [0.15, 0.2) is 24.3 Å². The lowest BCUT2D eigenvalue weighted by Crippen LogP contribution is -2.60. The van der Waals surface area contributed by atoms with Crippen molar-refractivity contribution in [3.63, 3.8) is 0 Å². The van der Waals surface area contributed by atoms with Crippen LogP contribution in [0.3, 0.4) is 0 Å². The number of nitrogens with one attached hydrogen (secondary N) is 1. The maximum Gasteiger partial charge on any atom is 0.407 e. The molecule has 2 fully saturated rings. The van der Waals surface area contributed by atoms with Gasteiger partial charge in [0.05, 0.1) is 23.2 Å². The number of hydrogen-bond acceptors (Lipinski definition) is 4. The Hall–Kier alpha value is -2.85. The SMILES string of the molecule is CCn1c(CCC2(C(=O)[C@H]3CCCN3C(=O)O)CCCCN2)cc2ccc(C#N)cc21. The topological polar surface area (TPSA) is 98.4 Å². The highest BCUT2D eigenvalue weighted by Gasteiger charge is 2.46. The van der Waals surface area contributed by atoms with Gasteiger partial charge in [0.25, 0.3) is 0 Å². The number of likely N-dealkylation sites (tertiary alicyclic amines) is 1. The Morgan fingerprint density at radius 3 is 2.81 bits per heavy atom. The van der Waals surface area contributed by atoms with E-state index < -0.39 is 17.7 Å². The highest BCUT2D eigenvalue weighted by atomic mass is 16.4. The summed E-state index contributed by atoms with van der Waals surface area (Å²) in [5, 5.41) is 23.4. The van der Waals surface area contributed by atoms with Gasteiger partial charge in [0.1, 0.15) is 0 Å². The summed E-state index contributed by atoms with van der Waals surface area (Å²) in [6.07, 6.45) is 4.49. The molecule has 2 atom stereocenters. The van der Waals surface area contributed by atoms with Crippen molar-refractivity contribution in [1.29, 1.82) is 5.26 Å². The van der Waals surface area contributed by atoms with E-state index in [0.29, 0.717) is 24.9 Å². The van der Waals surface area contributed by atoms with Gasteiger partial charge in [-0.2, -0.15) is 5.26 Å². The van der Waals surface area contributed by atoms with Crippen molar-refractivity contribution in [3.8, 4) is 6.07 Å². The predicted molar refractivity (Wildman–Crippen MR) is 118 cm³/mol. The van der Waals surface area contributed by atoms with E-state index in [0.717, 1.165) is 61.8 Å². The highest BCUT2D eigenvalue weighted by molar-refractivity contribution is 5.95. The molecule has 2 saturated heterocycles. The van der Waals surface area contributed by atoms with Gasteiger partial charge >= 0.3 is 6.09 Å². The summed E-state index contributed by atoms with van der Waals surface area (Å²) in [5.74, 6) is 0.0398. The molecule has 0 bridgehead atoms. The van der Waals surface area contributed by atoms with E-state index in [1.165, 1.54) is 4.90 Å². The first-order valence-electron chi connectivity index (χ1n) is 11.3. The molecule has 2 aliphatic rings. The number of aryl methyl sites for hydroxylation is 2. The lowest BCUT2D eigenvalue weighted by Gasteiger charge is -2.40. The van der Waals surface area contributed by atoms with Crippen molar-refractivity contribution in [2.45, 2.75) is 70.0 Å². The molecule has 3 heterocycles. The van der Waals surface area contributed by atoms with Crippen molar-refractivity contribution in [1.82, 2.24) is 14.8 Å². The second-order valence-corrected chi connectivity index (χ2v) is 8.73. The van der Waals surface area contributed by atoms with Gasteiger partial charge < -0.3 is 15.0 Å². The van der Waals surface area contributed by atoms with Gasteiger partial charge in [-0.05, 0) is 82.0 Å². The maximum atomic E-state index is 13.7. The molecule has 2 aliphatic heterocycles. The van der Waals surface area contributed by atoms with Gasteiger partial charge in [0.15, 0.2) is 5.78 Å². The van der Waals surface area contributed by atoms with E-state index in [2.05, 4.69) is 28.9 Å². The van der Waals surface area contributed by atoms with Crippen LogP contribution in [0.2, 0.25) is 0 Å². The molecule has 7 nitrogen and oxygen atoms in total. The maximum absolute atomic E-state index is 13.7. The van der Waals surface area contributed by atoms with Crippen molar-refractivity contribution >= 4 is 22.8 Å². The molecule has 164 valence electrons. The summed E-state index contributed by atoms with van der Waals surface area (Å²) in [5.41, 5.74) is 2.16. The van der Waals surface area contributed by atoms with Gasteiger partial charge in [0.2, 0.25) is 0 Å². The third kappa shape index (κ3) is 3.92. The van der Waals surface area contributed by atoms with E-state index in [4.69, 9.17) is 0 Å². The van der Waals surface area contributed by atoms with Crippen LogP contribution in [-0.2, 0) is 17.8 Å². The normalized spacial score (nSPS) is 23.7. The molecule has 1 aromatic carbocycles. The predicted octanol–water partition coefficient (Wildman–Crippen LogP) is 3.69. The fourth-order valence-electron chi connectivity index (χ4n) is 5.41. The molecule has 1 aromatic heterocycles. The van der Waals surface area contributed by atoms with Crippen molar-refractivity contribution in [2.75, 3.05) is 13.1 Å². The van der Waals surface area contributed by atoms with Crippen LogP contribution in [0, 0.1) is 11.3 Å². The molecular weight excluding hydrogens is 392 g/mol. The van der Waals surface area contributed by atoms with Crippen molar-refractivity contribution in [2.24, 2.45) is 0 Å². The van der Waals surface area contributed by atoms with Gasteiger partial charge in [0, 0.05) is 24.3 Å². The zero-order valence-corrected chi connectivity index (χ0v) is 18.1. The first-order valence-corrected chi connectivity index (χ1v) is 11.3. The highest BCUT2D eigenvalue weighted by Crippen LogP contribution is 2.32. The van der Waals surface area contributed by atoms with Crippen LogP contribution in [-0.4, -0.2) is 51.1 Å². The Balaban J connectivity index is 1.61. The number of amides is 1. The number of carboxylic acid groups (broad SMARTS) is 1. The second kappa shape index (κ2) is 8.72. The molecule has 2 N–H and O–H groups in total. The molecule has 2 aromatic rings. The number of carbonyl (C=O) groups is 2. The summed E-state index contributed by atoms with van der Waals surface area (Å²) in [6.45, 7) is 4.10. The van der Waals surface area contributed by atoms with Crippen LogP contribution in [0.5, 0.6) is 0 Å². The largest absolute Gasteiger partial charge is 0.465 e. The minimum absolute atomic E-state index is 0.0398. The molecule has 1 unspecified atom stereocenters. The smallest absolute Gasteiger partial charge is 0.407 e. The van der Waals surface area contributed by atoms with Gasteiger partial charge in [-0.15, -0.1) is 0 Å². The Morgan fingerprint density at radius 2 is 2.13 bits per heavy atom. The number of nitriles is 1. The molecule has 0 spiro atoms. The zero-order chi connectivity index (χ0) is 22.0. The van der Waals surface area contributed by atoms with E-state index in [1.54, 1.807) is 0 Å². The third-order valence-electron chi connectivity index (χ3n) is 7.01. The fourth-order valence-corrected chi connectivity index (χ4v) is 5.41. The number of fused-ring (bicyclic) bond motifs is 1. The number of Topliss-reactive ketones (excluding diaryl/α,β-unsaturated/α-hetero) is 1. The number of ketones is 1. The third-order valence-corrected chi connectivity index (χ3v) is 7.01. The van der Waals surface area contributed by atoms with Gasteiger partial charge in [-0.3, -0.25) is 9.69 Å². The van der Waals surface area contributed by atoms with E-state index in [-0.39, 0.29) is 5.78 Å². The Kier molecular flexibility index (Phi) is 6.01. The summed E-state index contributed by atoms with van der Waals surface area (Å²) >= 11 is 0. The van der Waals surface area contributed by atoms with E-state index in [9.17, 15) is 20.0 Å². The second-order valence-electron chi connectivity index (χ2n) is 8.73. The van der Waals surface area contributed by atoms with E-state index >= 15 is 0 Å². The van der Waals surface area contributed by atoms with Crippen LogP contribution >= 0.6 is 0 Å². The molecule has 4 rings (SSSR count). The number of aromatic nitrogens is 1. The monoisotopic (exact) mass is 422 g/mol. The number of nitrogens with zero attached hydrogens (tertiary/aromatic N) is 3. The fraction of sp³-hybridized carbons (Fsp3) is 0.542. The molecule has 1 amide bonds. The number of piperidine rings is 1. The molecule has 31 heavy (non-hydrogen) atoms. The van der Waals surface area contributed by atoms with E-state index in [1.807, 2.05) is 18.2 Å². The molecule has 0 aliphatic carbocycles. The van der Waals surface area contributed by atoms with Crippen LogP contribution in [0.25, 0.3) is 10.9 Å². The first kappa shape index (κ1) is 21.4. The number of hydrogen-bond donors (Lipinski definition) is 2. The lowest BCUT2D eigenvalue weighted by molar-refractivity contribution is -0.130. The van der Waals surface area contributed by atoms with Crippen LogP contribution < -0.4 is 5.32 Å². The summed E-state index contributed by atoms with van der Waals surface area (Å²) in [4.78, 5) is 26.6. The minimum Gasteiger partial charge on any atom is -0.465 e. The Labute approximate surface area is 182 Å². The molecular formula is C24H30N4O3. The standard InChI is InChI=1S/C24H30N4O3/c1-2-27-19(15-18-8-7-17(16-25)14-21(18)27)9-11-24(10-3-4-12-26-24)22(29)20-6-5-13-28(20)23(30)31/h7-8,14-15,20,26H,2-6,9-13H2,1H3,(H,30,31)/t20-,24?/m1/s1. The molecule has 0 saturated carbocycles. The average molecular weight is 423 g/mol. The lowest BCUT2D eigenvalue weighted by atomic mass is 9.77. The summed E-state index contributed by atoms with van der Waals surface area (Å²) in [6, 6.07) is 9.55. The average Bonchev–Trinajstić information content (AvgIpc) is 3.41. The Morgan fingerprint density at radius 1 is 1.29 bits per heavy atom.